The molecule has 0 radical (unpaired) electrons. The van der Waals surface area contributed by atoms with Crippen molar-refractivity contribution in [1.82, 2.24) is 4.90 Å². The summed E-state index contributed by atoms with van der Waals surface area (Å²) < 4.78 is 0. The predicted octanol–water partition coefficient (Wildman–Crippen LogP) is 1.72. The fraction of sp³-hybridized carbons (Fsp3) is 0.600. The highest BCUT2D eigenvalue weighted by atomic mass is 32.2. The van der Waals surface area contributed by atoms with Gasteiger partial charge in [0.25, 0.3) is 0 Å². The number of aliphatic hydroxyl groups excluding tert-OH is 1. The lowest BCUT2D eigenvalue weighted by atomic mass is 10.5. The van der Waals surface area contributed by atoms with Crippen molar-refractivity contribution < 1.29 is 5.11 Å². The van der Waals surface area contributed by atoms with Crippen LogP contribution in [0, 0.1) is 0 Å². The third-order valence-electron chi connectivity index (χ3n) is 1.68. The topological polar surface area (TPSA) is 49.5 Å². The Bertz CT molecular complexity index is 210. The average molecular weight is 216 g/mol. The van der Waals surface area contributed by atoms with E-state index in [9.17, 15) is 0 Å². The van der Waals surface area contributed by atoms with Crippen LogP contribution in [0.25, 0.3) is 0 Å². The summed E-state index contributed by atoms with van der Waals surface area (Å²) in [5.74, 6) is 0. The smallest absolute Gasteiger partial charge is 0.0707 e. The van der Waals surface area contributed by atoms with Crippen molar-refractivity contribution in [2.24, 2.45) is 5.73 Å². The molecule has 82 valence electrons. The van der Waals surface area contributed by atoms with Crippen molar-refractivity contribution in [3.8, 4) is 0 Å². The summed E-state index contributed by atoms with van der Waals surface area (Å²) in [4.78, 5) is 2.12. The molecule has 0 bridgehead atoms. The molecule has 0 unspecified atom stereocenters. The Morgan fingerprint density at radius 1 is 1.57 bits per heavy atom. The summed E-state index contributed by atoms with van der Waals surface area (Å²) in [6, 6.07) is 0. The Balaban J connectivity index is 4.31. The first-order valence-corrected chi connectivity index (χ1v) is 5.64. The van der Waals surface area contributed by atoms with E-state index in [0.29, 0.717) is 6.54 Å². The number of hydrogen-bond acceptors (Lipinski definition) is 4. The Labute approximate surface area is 90.7 Å². The van der Waals surface area contributed by atoms with Crippen molar-refractivity contribution >= 4 is 11.8 Å². The van der Waals surface area contributed by atoms with Gasteiger partial charge in [0.2, 0.25) is 0 Å². The van der Waals surface area contributed by atoms with E-state index in [1.165, 1.54) is 0 Å². The molecular formula is C10H20N2OS. The maximum Gasteiger partial charge on any atom is 0.0707 e. The van der Waals surface area contributed by atoms with Crippen LogP contribution >= 0.6 is 11.8 Å². The maximum absolute atomic E-state index is 8.87. The van der Waals surface area contributed by atoms with Crippen LogP contribution in [-0.4, -0.2) is 29.7 Å². The number of nitrogens with two attached hydrogens (primary N) is 1. The summed E-state index contributed by atoms with van der Waals surface area (Å²) in [7, 11) is 0. The van der Waals surface area contributed by atoms with E-state index in [-0.39, 0.29) is 6.61 Å². The number of likely N-dealkylation sites (N-methyl/N-ethyl adjacent to an activating group) is 1. The van der Waals surface area contributed by atoms with Crippen LogP contribution in [0.3, 0.4) is 0 Å². The molecule has 0 atom stereocenters. The molecule has 0 fully saturated rings. The molecule has 3 N–H and O–H groups in total. The molecule has 0 aromatic carbocycles. The Morgan fingerprint density at radius 3 is 2.57 bits per heavy atom. The van der Waals surface area contributed by atoms with E-state index in [4.69, 9.17) is 10.8 Å². The zero-order valence-electron chi connectivity index (χ0n) is 9.16. The van der Waals surface area contributed by atoms with Crippen LogP contribution in [0.2, 0.25) is 0 Å². The van der Waals surface area contributed by atoms with Gasteiger partial charge in [-0.3, -0.25) is 0 Å². The minimum Gasteiger partial charge on any atom is -0.402 e. The van der Waals surface area contributed by atoms with Crippen molar-refractivity contribution in [3.63, 3.8) is 0 Å². The van der Waals surface area contributed by atoms with Gasteiger partial charge in [-0.1, -0.05) is 17.8 Å². The highest BCUT2D eigenvalue weighted by Gasteiger charge is 2.04. The van der Waals surface area contributed by atoms with Crippen LogP contribution in [0.5, 0.6) is 0 Å². The van der Waals surface area contributed by atoms with Crippen LogP contribution in [-0.2, 0) is 0 Å². The van der Waals surface area contributed by atoms with Crippen molar-refractivity contribution in [1.29, 1.82) is 0 Å². The van der Waals surface area contributed by atoms with Crippen molar-refractivity contribution in [2.75, 3.05) is 19.7 Å². The maximum atomic E-state index is 8.87. The Hall–Kier alpha value is -0.610. The van der Waals surface area contributed by atoms with E-state index in [0.717, 1.165) is 17.3 Å². The largest absolute Gasteiger partial charge is 0.402 e. The first-order chi connectivity index (χ1) is 6.65. The summed E-state index contributed by atoms with van der Waals surface area (Å²) in [5, 5.41) is 11.9. The first-order valence-electron chi connectivity index (χ1n) is 4.76. The normalized spacial score (nSPS) is 13.1. The second-order valence-electron chi connectivity index (χ2n) is 2.91. The number of aliphatic hydroxyl groups is 1. The van der Waals surface area contributed by atoms with Gasteiger partial charge in [0, 0.05) is 18.8 Å². The molecule has 0 saturated heterocycles. The van der Waals surface area contributed by atoms with E-state index in [1.807, 2.05) is 25.3 Å². The van der Waals surface area contributed by atoms with Crippen LogP contribution in [0.4, 0.5) is 0 Å². The van der Waals surface area contributed by atoms with Gasteiger partial charge in [0.05, 0.1) is 11.6 Å². The van der Waals surface area contributed by atoms with E-state index in [1.54, 1.807) is 11.8 Å². The van der Waals surface area contributed by atoms with Gasteiger partial charge in [0.15, 0.2) is 0 Å². The molecule has 0 saturated carbocycles. The Kier molecular flexibility index (Phi) is 7.42. The van der Waals surface area contributed by atoms with Gasteiger partial charge in [0.1, 0.15) is 0 Å². The molecule has 0 spiro atoms. The molecule has 0 amide bonds. The quantitative estimate of drug-likeness (QED) is 0.710. The third-order valence-corrected chi connectivity index (χ3v) is 2.90. The molecule has 0 aromatic heterocycles. The van der Waals surface area contributed by atoms with Gasteiger partial charge in [-0.2, -0.15) is 0 Å². The minimum absolute atomic E-state index is 0.178. The second-order valence-corrected chi connectivity index (χ2v) is 3.80. The molecule has 0 rings (SSSR count). The highest BCUT2D eigenvalue weighted by Crippen LogP contribution is 2.21. The van der Waals surface area contributed by atoms with E-state index < -0.39 is 0 Å². The van der Waals surface area contributed by atoms with Gasteiger partial charge in [-0.15, -0.1) is 0 Å². The number of rotatable bonds is 6. The molecule has 14 heavy (non-hydrogen) atoms. The number of nitrogens with zero attached hydrogens (tertiary/aromatic N) is 1. The summed E-state index contributed by atoms with van der Waals surface area (Å²) in [5.41, 5.74) is 6.36. The summed E-state index contributed by atoms with van der Waals surface area (Å²) in [6.07, 6.45) is 2.03. The molecule has 4 heteroatoms. The first kappa shape index (κ1) is 13.4. The molecule has 0 heterocycles. The lowest BCUT2D eigenvalue weighted by Crippen LogP contribution is -2.24. The zero-order chi connectivity index (χ0) is 11.0. The third kappa shape index (κ3) is 5.19. The minimum atomic E-state index is 0.178. The predicted molar refractivity (Wildman–Crippen MR) is 63.6 cm³/mol. The SMILES string of the molecule is C/C=C(\S/C=C(/C)N)N(CC)CCO. The van der Waals surface area contributed by atoms with E-state index in [2.05, 4.69) is 11.8 Å². The van der Waals surface area contributed by atoms with Crippen molar-refractivity contribution in [3.05, 3.63) is 22.2 Å². The average Bonchev–Trinajstić information content (AvgIpc) is 2.16. The lowest BCUT2D eigenvalue weighted by molar-refractivity contribution is 0.238. The van der Waals surface area contributed by atoms with Crippen molar-refractivity contribution in [2.45, 2.75) is 20.8 Å². The standard InChI is InChI=1S/C10H20N2OS/c1-4-10(14-8-9(3)11)12(5-2)6-7-13/h4,8,13H,5-7,11H2,1-3H3/b9-8-,10-4-. The molecule has 0 aromatic rings. The second kappa shape index (κ2) is 7.76. The molecular weight excluding hydrogens is 196 g/mol. The fourth-order valence-electron chi connectivity index (χ4n) is 1.02. The highest BCUT2D eigenvalue weighted by molar-refractivity contribution is 8.05. The Morgan fingerprint density at radius 2 is 2.21 bits per heavy atom. The van der Waals surface area contributed by atoms with Crippen LogP contribution in [0.15, 0.2) is 22.2 Å². The monoisotopic (exact) mass is 216 g/mol. The number of hydrogen-bond donors (Lipinski definition) is 2. The van der Waals surface area contributed by atoms with E-state index >= 15 is 0 Å². The van der Waals surface area contributed by atoms with Crippen LogP contribution in [0.1, 0.15) is 20.8 Å². The number of thioether (sulfide) groups is 1. The summed E-state index contributed by atoms with van der Waals surface area (Å²) >= 11 is 1.59. The van der Waals surface area contributed by atoms with Gasteiger partial charge < -0.3 is 15.7 Å². The molecule has 0 aliphatic carbocycles. The molecule has 3 nitrogen and oxygen atoms in total. The van der Waals surface area contributed by atoms with Gasteiger partial charge in [-0.05, 0) is 26.2 Å². The van der Waals surface area contributed by atoms with Crippen LogP contribution < -0.4 is 5.73 Å². The molecule has 0 aliphatic heterocycles. The fourth-order valence-corrected chi connectivity index (χ4v) is 1.84. The van der Waals surface area contributed by atoms with Gasteiger partial charge >= 0.3 is 0 Å². The zero-order valence-corrected chi connectivity index (χ0v) is 9.97. The van der Waals surface area contributed by atoms with Gasteiger partial charge in [-0.25, -0.2) is 0 Å². The lowest BCUT2D eigenvalue weighted by Gasteiger charge is -2.23. The number of allylic oxidation sites excluding steroid dienone is 2. The molecule has 0 aliphatic rings. The summed E-state index contributed by atoms with van der Waals surface area (Å²) in [6.45, 7) is 7.66.